The Bertz CT molecular complexity index is 951. The minimum atomic E-state index is -0.166. The van der Waals surface area contributed by atoms with E-state index in [4.69, 9.17) is 0 Å². The smallest absolute Gasteiger partial charge is 0.321 e. The zero-order valence-electron chi connectivity index (χ0n) is 18.1. The number of anilines is 2. The summed E-state index contributed by atoms with van der Waals surface area (Å²) in [5.74, 6) is 0. The number of aryl methyl sites for hydroxylation is 1. The van der Waals surface area contributed by atoms with Crippen molar-refractivity contribution in [3.8, 4) is 0 Å². The predicted octanol–water partition coefficient (Wildman–Crippen LogP) is 3.22. The number of nitrogens with one attached hydrogen (secondary N) is 2. The average molecular weight is 442 g/mol. The number of rotatable bonds is 5. The molecule has 0 unspecified atom stereocenters. The van der Waals surface area contributed by atoms with Crippen LogP contribution in [0.25, 0.3) is 6.08 Å². The first-order valence-electron chi connectivity index (χ1n) is 11.4. The van der Waals surface area contributed by atoms with Crippen LogP contribution >= 0.6 is 11.3 Å². The number of urea groups is 1. The minimum Gasteiger partial charge on any atom is -0.350 e. The van der Waals surface area contributed by atoms with Crippen LogP contribution in [0.2, 0.25) is 0 Å². The van der Waals surface area contributed by atoms with Gasteiger partial charge in [0.05, 0.1) is 0 Å². The molecule has 1 aliphatic heterocycles. The van der Waals surface area contributed by atoms with E-state index in [9.17, 15) is 4.79 Å². The van der Waals surface area contributed by atoms with Crippen LogP contribution in [0.1, 0.15) is 48.9 Å². The van der Waals surface area contributed by atoms with Gasteiger partial charge in [0.1, 0.15) is 0 Å². The van der Waals surface area contributed by atoms with Gasteiger partial charge in [-0.2, -0.15) is 0 Å². The maximum Gasteiger partial charge on any atom is 0.321 e. The van der Waals surface area contributed by atoms with Gasteiger partial charge in [0.25, 0.3) is 0 Å². The molecular formula is C22H31N7OS. The first kappa shape index (κ1) is 20.5. The average Bonchev–Trinajstić information content (AvgIpc) is 3.51. The molecule has 1 saturated heterocycles. The van der Waals surface area contributed by atoms with E-state index < -0.39 is 0 Å². The highest BCUT2D eigenvalue weighted by molar-refractivity contribution is 7.19. The topological polar surface area (TPSA) is 78.3 Å². The minimum absolute atomic E-state index is 0.166. The summed E-state index contributed by atoms with van der Waals surface area (Å²) in [4.78, 5) is 17.0. The maximum absolute atomic E-state index is 12.2. The molecule has 5 rings (SSSR count). The van der Waals surface area contributed by atoms with E-state index in [-0.39, 0.29) is 6.03 Å². The van der Waals surface area contributed by atoms with Crippen LogP contribution in [0.15, 0.2) is 12.3 Å². The molecule has 0 aromatic carbocycles. The number of piperazine rings is 1. The van der Waals surface area contributed by atoms with Gasteiger partial charge in [0.2, 0.25) is 10.3 Å². The molecule has 2 aliphatic carbocycles. The summed E-state index contributed by atoms with van der Waals surface area (Å²) in [5.41, 5.74) is 4.35. The predicted molar refractivity (Wildman–Crippen MR) is 125 cm³/mol. The molecule has 2 aromatic rings. The molecule has 2 fully saturated rings. The number of amides is 2. The molecule has 3 aliphatic rings. The molecule has 0 spiro atoms. The van der Waals surface area contributed by atoms with Gasteiger partial charge in [0.15, 0.2) is 0 Å². The van der Waals surface area contributed by atoms with Gasteiger partial charge in [-0.1, -0.05) is 30.3 Å². The van der Waals surface area contributed by atoms with Crippen molar-refractivity contribution in [1.82, 2.24) is 25.0 Å². The van der Waals surface area contributed by atoms with Gasteiger partial charge < -0.3 is 14.8 Å². The number of hydrogen-bond donors (Lipinski definition) is 2. The number of carbonyl (C=O) groups is 1. The highest BCUT2D eigenvalue weighted by Gasteiger charge is 2.23. The van der Waals surface area contributed by atoms with Crippen molar-refractivity contribution in [3.63, 3.8) is 0 Å². The van der Waals surface area contributed by atoms with Crippen LogP contribution in [0.3, 0.4) is 0 Å². The Morgan fingerprint density at radius 1 is 1.19 bits per heavy atom. The summed E-state index contributed by atoms with van der Waals surface area (Å²) in [6.07, 6.45) is 13.7. The Balaban J connectivity index is 1.13. The zero-order chi connectivity index (χ0) is 21.2. The van der Waals surface area contributed by atoms with Crippen LogP contribution in [0.5, 0.6) is 0 Å². The highest BCUT2D eigenvalue weighted by Crippen LogP contribution is 2.28. The van der Waals surface area contributed by atoms with Gasteiger partial charge in [-0.3, -0.25) is 10.2 Å². The molecule has 2 aromatic heterocycles. The van der Waals surface area contributed by atoms with Gasteiger partial charge in [0, 0.05) is 57.7 Å². The van der Waals surface area contributed by atoms with Crippen molar-refractivity contribution in [2.24, 2.45) is 7.05 Å². The van der Waals surface area contributed by atoms with Crippen molar-refractivity contribution in [1.29, 1.82) is 0 Å². The summed E-state index contributed by atoms with van der Waals surface area (Å²) in [7, 11) is 2.14. The molecular weight excluding hydrogens is 410 g/mol. The van der Waals surface area contributed by atoms with Crippen molar-refractivity contribution in [3.05, 3.63) is 29.1 Å². The van der Waals surface area contributed by atoms with E-state index in [1.165, 1.54) is 41.0 Å². The van der Waals surface area contributed by atoms with Crippen LogP contribution in [-0.2, 0) is 20.0 Å². The summed E-state index contributed by atoms with van der Waals surface area (Å²) in [5, 5.41) is 15.8. The monoisotopic (exact) mass is 441 g/mol. The second kappa shape index (κ2) is 9.00. The fourth-order valence-corrected chi connectivity index (χ4v) is 5.74. The molecule has 1 saturated carbocycles. The van der Waals surface area contributed by atoms with Gasteiger partial charge >= 0.3 is 6.03 Å². The fraction of sp³-hybridized carbons (Fsp3) is 0.591. The van der Waals surface area contributed by atoms with E-state index in [0.29, 0.717) is 11.2 Å². The molecule has 0 bridgehead atoms. The summed E-state index contributed by atoms with van der Waals surface area (Å²) < 4.78 is 2.26. The van der Waals surface area contributed by atoms with Crippen LogP contribution in [0, 0.1) is 0 Å². The molecule has 3 heterocycles. The Labute approximate surface area is 187 Å². The van der Waals surface area contributed by atoms with Crippen molar-refractivity contribution < 1.29 is 4.79 Å². The van der Waals surface area contributed by atoms with Crippen molar-refractivity contribution in [2.75, 3.05) is 36.4 Å². The van der Waals surface area contributed by atoms with E-state index in [1.807, 2.05) is 0 Å². The number of aromatic nitrogens is 3. The van der Waals surface area contributed by atoms with Crippen LogP contribution in [0.4, 0.5) is 15.1 Å². The van der Waals surface area contributed by atoms with Crippen LogP contribution in [-0.4, -0.2) is 57.9 Å². The molecule has 8 nitrogen and oxygen atoms in total. The van der Waals surface area contributed by atoms with Crippen molar-refractivity contribution >= 4 is 33.7 Å². The van der Waals surface area contributed by atoms with E-state index in [2.05, 4.69) is 60.6 Å². The lowest BCUT2D eigenvalue weighted by Gasteiger charge is -2.34. The number of carbonyl (C=O) groups excluding carboxylic acids is 1. The molecule has 0 atom stereocenters. The lowest BCUT2D eigenvalue weighted by Crippen LogP contribution is -2.46. The fourth-order valence-electron chi connectivity index (χ4n) is 4.94. The highest BCUT2D eigenvalue weighted by atomic mass is 32.1. The number of hydrogen-bond acceptors (Lipinski definition) is 6. The summed E-state index contributed by atoms with van der Waals surface area (Å²) in [6, 6.07) is 0.132. The third kappa shape index (κ3) is 4.62. The maximum atomic E-state index is 12.2. The SMILES string of the molecule is Cn1cc(CN2CCN(c3nnc(NC(=O)NC4CCCC4)s3)CC2)c2c1C=CCC2. The first-order valence-corrected chi connectivity index (χ1v) is 12.2. The normalized spacial score (nSPS) is 19.6. The van der Waals surface area contributed by atoms with E-state index in [1.54, 1.807) is 0 Å². The Morgan fingerprint density at radius 3 is 2.81 bits per heavy atom. The van der Waals surface area contributed by atoms with Gasteiger partial charge in [-0.25, -0.2) is 4.79 Å². The van der Waals surface area contributed by atoms with Crippen LogP contribution < -0.4 is 15.5 Å². The third-order valence-electron chi connectivity index (χ3n) is 6.62. The molecule has 2 N–H and O–H groups in total. The van der Waals surface area contributed by atoms with Gasteiger partial charge in [-0.15, -0.1) is 10.2 Å². The zero-order valence-corrected chi connectivity index (χ0v) is 19.0. The Hall–Kier alpha value is -2.39. The Morgan fingerprint density at radius 2 is 2.00 bits per heavy atom. The lowest BCUT2D eigenvalue weighted by molar-refractivity contribution is 0.248. The standard InChI is InChI=1S/C22H31N7OS/c1-27-14-16(18-8-4-5-9-19(18)27)15-28-10-12-29(13-11-28)22-26-25-21(31-22)24-20(30)23-17-6-2-3-7-17/h5,9,14,17H,2-4,6-8,10-13,15H2,1H3,(H2,23,24,25,30). The third-order valence-corrected chi connectivity index (χ3v) is 7.52. The summed E-state index contributed by atoms with van der Waals surface area (Å²) >= 11 is 1.46. The molecule has 9 heteroatoms. The second-order valence-electron chi connectivity index (χ2n) is 8.80. The van der Waals surface area contributed by atoms with E-state index in [0.717, 1.165) is 63.5 Å². The number of nitrogens with zero attached hydrogens (tertiary/aromatic N) is 5. The largest absolute Gasteiger partial charge is 0.350 e. The van der Waals surface area contributed by atoms with Gasteiger partial charge in [-0.05, 0) is 42.9 Å². The van der Waals surface area contributed by atoms with E-state index >= 15 is 0 Å². The molecule has 2 amide bonds. The Kier molecular flexibility index (Phi) is 5.95. The second-order valence-corrected chi connectivity index (χ2v) is 9.76. The molecule has 0 radical (unpaired) electrons. The molecule has 31 heavy (non-hydrogen) atoms. The number of fused-ring (bicyclic) bond motifs is 1. The summed E-state index contributed by atoms with van der Waals surface area (Å²) in [6.45, 7) is 4.87. The first-order chi connectivity index (χ1) is 15.2. The number of allylic oxidation sites excluding steroid dienone is 1. The molecule has 166 valence electrons. The quantitative estimate of drug-likeness (QED) is 0.745. The van der Waals surface area contributed by atoms with Crippen molar-refractivity contribution in [2.45, 2.75) is 51.1 Å². The lowest BCUT2D eigenvalue weighted by atomic mass is 10.00.